The third-order valence-electron chi connectivity index (χ3n) is 3.38. The average Bonchev–Trinajstić information content (AvgIpc) is 1.92. The molecule has 0 radical (unpaired) electrons. The molecule has 0 saturated heterocycles. The number of alkyl halides is 1. The zero-order valence-corrected chi connectivity index (χ0v) is 7.11. The van der Waals surface area contributed by atoms with Crippen LogP contribution in [0.25, 0.3) is 0 Å². The van der Waals surface area contributed by atoms with E-state index in [1.54, 1.807) is 0 Å². The van der Waals surface area contributed by atoms with E-state index in [0.717, 1.165) is 23.6 Å². The maximum atomic E-state index is 5.82. The average molecular weight is 159 g/mol. The van der Waals surface area contributed by atoms with E-state index in [2.05, 4.69) is 0 Å². The highest BCUT2D eigenvalue weighted by molar-refractivity contribution is 6.18. The maximum Gasteiger partial charge on any atom is 0.0254 e. The molecule has 0 spiro atoms. The van der Waals surface area contributed by atoms with Gasteiger partial charge in [0.25, 0.3) is 0 Å². The molecule has 58 valence electrons. The second kappa shape index (κ2) is 2.73. The summed E-state index contributed by atoms with van der Waals surface area (Å²) in [5.41, 5.74) is 0. The molecule has 0 nitrogen and oxygen atoms in total. The molecule has 0 aromatic heterocycles. The van der Waals surface area contributed by atoms with Crippen LogP contribution in [0.2, 0.25) is 0 Å². The van der Waals surface area contributed by atoms with Crippen molar-refractivity contribution in [3.05, 3.63) is 0 Å². The van der Waals surface area contributed by atoms with Gasteiger partial charge in [0.05, 0.1) is 0 Å². The van der Waals surface area contributed by atoms with Crippen molar-refractivity contribution in [2.24, 2.45) is 17.8 Å². The number of hydrogen-bond acceptors (Lipinski definition) is 0. The normalized spacial score (nSPS) is 45.9. The number of fused-ring (bicyclic) bond motifs is 1. The molecule has 10 heavy (non-hydrogen) atoms. The fraction of sp³-hybridized carbons (Fsp3) is 1.00. The van der Waals surface area contributed by atoms with Crippen LogP contribution < -0.4 is 0 Å². The van der Waals surface area contributed by atoms with E-state index in [9.17, 15) is 0 Å². The maximum absolute atomic E-state index is 5.82. The molecule has 0 aromatic carbocycles. The van der Waals surface area contributed by atoms with Crippen molar-refractivity contribution in [1.82, 2.24) is 0 Å². The lowest BCUT2D eigenvalue weighted by atomic mass is 9.59. The van der Waals surface area contributed by atoms with E-state index >= 15 is 0 Å². The molecule has 0 N–H and O–H groups in total. The van der Waals surface area contributed by atoms with E-state index in [1.165, 1.54) is 32.1 Å². The summed E-state index contributed by atoms with van der Waals surface area (Å²) >= 11 is 5.82. The van der Waals surface area contributed by atoms with Crippen molar-refractivity contribution >= 4 is 11.6 Å². The second-order valence-corrected chi connectivity index (χ2v) is 4.17. The van der Waals surface area contributed by atoms with Crippen LogP contribution in [0, 0.1) is 17.8 Å². The zero-order valence-electron chi connectivity index (χ0n) is 6.35. The van der Waals surface area contributed by atoms with E-state index in [1.807, 2.05) is 0 Å². The summed E-state index contributed by atoms with van der Waals surface area (Å²) in [5, 5.41) is 0. The first kappa shape index (κ1) is 6.97. The highest BCUT2D eigenvalue weighted by atomic mass is 35.5. The molecular weight excluding hydrogens is 144 g/mol. The molecule has 2 rings (SSSR count). The highest BCUT2D eigenvalue weighted by Gasteiger charge is 2.40. The second-order valence-electron chi connectivity index (χ2n) is 3.86. The fourth-order valence-electron chi connectivity index (χ4n) is 2.69. The Balaban J connectivity index is 1.89. The summed E-state index contributed by atoms with van der Waals surface area (Å²) in [4.78, 5) is 0. The molecule has 0 aromatic rings. The topological polar surface area (TPSA) is 0 Å². The summed E-state index contributed by atoms with van der Waals surface area (Å²) < 4.78 is 0. The van der Waals surface area contributed by atoms with E-state index < -0.39 is 0 Å². The molecule has 0 aliphatic heterocycles. The lowest BCUT2D eigenvalue weighted by Gasteiger charge is -2.47. The van der Waals surface area contributed by atoms with Crippen molar-refractivity contribution in [3.8, 4) is 0 Å². The fourth-order valence-corrected chi connectivity index (χ4v) is 3.05. The van der Waals surface area contributed by atoms with Crippen LogP contribution in [0.4, 0.5) is 0 Å². The molecule has 3 unspecified atom stereocenters. The Morgan fingerprint density at radius 1 is 1.20 bits per heavy atom. The van der Waals surface area contributed by atoms with E-state index in [0.29, 0.717) is 0 Å². The van der Waals surface area contributed by atoms with Gasteiger partial charge in [-0.2, -0.15) is 0 Å². The van der Waals surface area contributed by atoms with Crippen molar-refractivity contribution in [3.63, 3.8) is 0 Å². The smallest absolute Gasteiger partial charge is 0.0254 e. The standard InChI is InChI=1S/C9H15Cl/c10-6-8-5-7-3-1-2-4-9(7)8/h7-9H,1-6H2. The van der Waals surface area contributed by atoms with Crippen LogP contribution in [0.3, 0.4) is 0 Å². The predicted molar refractivity (Wildman–Crippen MR) is 44.3 cm³/mol. The Morgan fingerprint density at radius 3 is 2.70 bits per heavy atom. The van der Waals surface area contributed by atoms with Crippen LogP contribution in [-0.2, 0) is 0 Å². The first-order valence-corrected chi connectivity index (χ1v) is 5.01. The predicted octanol–water partition coefficient (Wildman–Crippen LogP) is 3.05. The van der Waals surface area contributed by atoms with Crippen LogP contribution >= 0.6 is 11.6 Å². The van der Waals surface area contributed by atoms with Crippen LogP contribution in [-0.4, -0.2) is 5.88 Å². The molecule has 1 heteroatoms. The lowest BCUT2D eigenvalue weighted by Crippen LogP contribution is -2.39. The monoisotopic (exact) mass is 158 g/mol. The van der Waals surface area contributed by atoms with Gasteiger partial charge < -0.3 is 0 Å². The third kappa shape index (κ3) is 0.972. The largest absolute Gasteiger partial charge is 0.126 e. The Kier molecular flexibility index (Phi) is 1.90. The summed E-state index contributed by atoms with van der Waals surface area (Å²) in [6.45, 7) is 0. The van der Waals surface area contributed by atoms with Gasteiger partial charge in [-0.25, -0.2) is 0 Å². The van der Waals surface area contributed by atoms with Crippen LogP contribution in [0.5, 0.6) is 0 Å². The summed E-state index contributed by atoms with van der Waals surface area (Å²) in [6.07, 6.45) is 7.36. The first-order valence-electron chi connectivity index (χ1n) is 4.48. The van der Waals surface area contributed by atoms with Crippen molar-refractivity contribution in [2.45, 2.75) is 32.1 Å². The molecule has 2 fully saturated rings. The number of hydrogen-bond donors (Lipinski definition) is 0. The Hall–Kier alpha value is 0.290. The zero-order chi connectivity index (χ0) is 6.97. The minimum absolute atomic E-state index is 0.895. The van der Waals surface area contributed by atoms with Gasteiger partial charge in [0.1, 0.15) is 0 Å². The van der Waals surface area contributed by atoms with Crippen molar-refractivity contribution in [2.75, 3.05) is 5.88 Å². The van der Waals surface area contributed by atoms with Crippen LogP contribution in [0.1, 0.15) is 32.1 Å². The molecule has 0 heterocycles. The van der Waals surface area contributed by atoms with Gasteiger partial charge in [-0.15, -0.1) is 11.6 Å². The van der Waals surface area contributed by atoms with Gasteiger partial charge in [0, 0.05) is 5.88 Å². The van der Waals surface area contributed by atoms with Crippen molar-refractivity contribution < 1.29 is 0 Å². The number of rotatable bonds is 1. The summed E-state index contributed by atoms with van der Waals surface area (Å²) in [7, 11) is 0. The minimum Gasteiger partial charge on any atom is -0.126 e. The molecule has 3 atom stereocenters. The molecule has 0 amide bonds. The first-order chi connectivity index (χ1) is 4.92. The highest BCUT2D eigenvalue weighted by Crippen LogP contribution is 2.49. The van der Waals surface area contributed by atoms with Gasteiger partial charge in [-0.3, -0.25) is 0 Å². The van der Waals surface area contributed by atoms with Gasteiger partial charge >= 0.3 is 0 Å². The van der Waals surface area contributed by atoms with Crippen LogP contribution in [0.15, 0.2) is 0 Å². The van der Waals surface area contributed by atoms with Gasteiger partial charge in [-0.1, -0.05) is 19.3 Å². The Labute approximate surface area is 68.0 Å². The van der Waals surface area contributed by atoms with Crippen molar-refractivity contribution in [1.29, 1.82) is 0 Å². The summed E-state index contributed by atoms with van der Waals surface area (Å²) in [6, 6.07) is 0. The molecule has 2 saturated carbocycles. The Morgan fingerprint density at radius 2 is 2.00 bits per heavy atom. The summed E-state index contributed by atoms with van der Waals surface area (Å²) in [5.74, 6) is 3.93. The third-order valence-corrected chi connectivity index (χ3v) is 3.77. The van der Waals surface area contributed by atoms with Gasteiger partial charge in [0.15, 0.2) is 0 Å². The quantitative estimate of drug-likeness (QED) is 0.515. The van der Waals surface area contributed by atoms with Gasteiger partial charge in [0.2, 0.25) is 0 Å². The Bertz CT molecular complexity index is 118. The number of halogens is 1. The molecule has 2 aliphatic rings. The molecule has 0 bridgehead atoms. The SMILES string of the molecule is ClCC1CC2CCCCC12. The molecule has 2 aliphatic carbocycles. The van der Waals surface area contributed by atoms with E-state index in [4.69, 9.17) is 11.6 Å². The van der Waals surface area contributed by atoms with E-state index in [-0.39, 0.29) is 0 Å². The lowest BCUT2D eigenvalue weighted by molar-refractivity contribution is 0.0443. The molecular formula is C9H15Cl. The minimum atomic E-state index is 0.895. The van der Waals surface area contributed by atoms with Gasteiger partial charge in [-0.05, 0) is 30.6 Å².